The molecule has 0 aliphatic rings. The van der Waals surface area contributed by atoms with Crippen LogP contribution in [0, 0.1) is 5.92 Å². The summed E-state index contributed by atoms with van der Waals surface area (Å²) in [5.41, 5.74) is 0. The SMILES string of the molecule is CCCCC(CC)COC(C)CNCc1cccs1. The number of hydrogen-bond donors (Lipinski definition) is 1. The van der Waals surface area contributed by atoms with E-state index in [9.17, 15) is 0 Å². The maximum absolute atomic E-state index is 5.95. The lowest BCUT2D eigenvalue weighted by Crippen LogP contribution is -2.28. The van der Waals surface area contributed by atoms with Crippen LogP contribution in [0.2, 0.25) is 0 Å². The predicted molar refractivity (Wildman–Crippen MR) is 84.7 cm³/mol. The van der Waals surface area contributed by atoms with E-state index in [1.165, 1.54) is 30.6 Å². The molecule has 0 amide bonds. The van der Waals surface area contributed by atoms with Crippen LogP contribution in [0.15, 0.2) is 17.5 Å². The van der Waals surface area contributed by atoms with Gasteiger partial charge in [0.1, 0.15) is 0 Å². The molecule has 2 atom stereocenters. The molecule has 1 aromatic heterocycles. The summed E-state index contributed by atoms with van der Waals surface area (Å²) in [7, 11) is 0. The van der Waals surface area contributed by atoms with Crippen LogP contribution in [0.4, 0.5) is 0 Å². The molecule has 2 nitrogen and oxygen atoms in total. The van der Waals surface area contributed by atoms with Gasteiger partial charge in [-0.2, -0.15) is 0 Å². The number of unbranched alkanes of at least 4 members (excludes halogenated alkanes) is 1. The molecule has 0 saturated heterocycles. The van der Waals surface area contributed by atoms with E-state index >= 15 is 0 Å². The van der Waals surface area contributed by atoms with E-state index < -0.39 is 0 Å². The van der Waals surface area contributed by atoms with Crippen LogP contribution in [0.25, 0.3) is 0 Å². The molecule has 1 rings (SSSR count). The zero-order valence-corrected chi connectivity index (χ0v) is 13.5. The van der Waals surface area contributed by atoms with E-state index in [2.05, 4.69) is 43.6 Å². The molecule has 1 heterocycles. The smallest absolute Gasteiger partial charge is 0.0671 e. The number of ether oxygens (including phenoxy) is 1. The van der Waals surface area contributed by atoms with Crippen molar-refractivity contribution in [2.24, 2.45) is 5.92 Å². The summed E-state index contributed by atoms with van der Waals surface area (Å²) < 4.78 is 5.95. The van der Waals surface area contributed by atoms with Crippen molar-refractivity contribution in [2.75, 3.05) is 13.2 Å². The second kappa shape index (κ2) is 10.4. The molecular weight excluding hydrogens is 254 g/mol. The van der Waals surface area contributed by atoms with E-state index in [-0.39, 0.29) is 0 Å². The van der Waals surface area contributed by atoms with Crippen molar-refractivity contribution in [1.82, 2.24) is 5.32 Å². The Morgan fingerprint density at radius 3 is 2.84 bits per heavy atom. The van der Waals surface area contributed by atoms with Crippen LogP contribution in [0.5, 0.6) is 0 Å². The van der Waals surface area contributed by atoms with Gasteiger partial charge in [0.15, 0.2) is 0 Å². The summed E-state index contributed by atoms with van der Waals surface area (Å²) in [5.74, 6) is 0.736. The van der Waals surface area contributed by atoms with Crippen LogP contribution in [-0.2, 0) is 11.3 Å². The van der Waals surface area contributed by atoms with Crippen LogP contribution in [-0.4, -0.2) is 19.3 Å². The van der Waals surface area contributed by atoms with Crippen molar-refractivity contribution in [3.05, 3.63) is 22.4 Å². The van der Waals surface area contributed by atoms with Gasteiger partial charge in [-0.1, -0.05) is 39.2 Å². The molecule has 0 aliphatic heterocycles. The first-order valence-electron chi connectivity index (χ1n) is 7.60. The first kappa shape index (κ1) is 16.7. The first-order chi connectivity index (χ1) is 9.26. The Hall–Kier alpha value is -0.380. The summed E-state index contributed by atoms with van der Waals surface area (Å²) in [6.07, 6.45) is 5.45. The molecule has 0 spiro atoms. The quantitative estimate of drug-likeness (QED) is 0.647. The van der Waals surface area contributed by atoms with Crippen molar-refractivity contribution in [1.29, 1.82) is 0 Å². The molecule has 0 radical (unpaired) electrons. The summed E-state index contributed by atoms with van der Waals surface area (Å²) in [6.45, 7) is 9.49. The molecule has 0 bridgehead atoms. The fourth-order valence-corrected chi connectivity index (χ4v) is 2.74. The summed E-state index contributed by atoms with van der Waals surface area (Å²) in [4.78, 5) is 1.39. The lowest BCUT2D eigenvalue weighted by Gasteiger charge is -2.19. The van der Waals surface area contributed by atoms with Gasteiger partial charge in [0.05, 0.1) is 6.10 Å². The second-order valence-electron chi connectivity index (χ2n) is 5.27. The van der Waals surface area contributed by atoms with Crippen LogP contribution in [0.1, 0.15) is 51.3 Å². The van der Waals surface area contributed by atoms with Crippen molar-refractivity contribution in [3.8, 4) is 0 Å². The summed E-state index contributed by atoms with van der Waals surface area (Å²) in [6, 6.07) is 4.27. The molecule has 2 unspecified atom stereocenters. The third-order valence-corrected chi connectivity index (χ3v) is 4.35. The van der Waals surface area contributed by atoms with Gasteiger partial charge in [-0.25, -0.2) is 0 Å². The number of nitrogens with one attached hydrogen (secondary N) is 1. The molecule has 3 heteroatoms. The van der Waals surface area contributed by atoms with Gasteiger partial charge in [0.25, 0.3) is 0 Å². The summed E-state index contributed by atoms with van der Waals surface area (Å²) in [5, 5.41) is 5.58. The molecule has 0 aliphatic carbocycles. The highest BCUT2D eigenvalue weighted by molar-refractivity contribution is 7.09. The van der Waals surface area contributed by atoms with E-state index in [0.29, 0.717) is 6.10 Å². The van der Waals surface area contributed by atoms with Crippen LogP contribution < -0.4 is 5.32 Å². The second-order valence-corrected chi connectivity index (χ2v) is 6.30. The molecule has 0 fully saturated rings. The van der Waals surface area contributed by atoms with Crippen molar-refractivity contribution < 1.29 is 4.74 Å². The maximum Gasteiger partial charge on any atom is 0.0671 e. The normalized spacial score (nSPS) is 14.5. The largest absolute Gasteiger partial charge is 0.377 e. The van der Waals surface area contributed by atoms with Gasteiger partial charge < -0.3 is 10.1 Å². The lowest BCUT2D eigenvalue weighted by molar-refractivity contribution is 0.0368. The predicted octanol–water partition coefficient (Wildman–Crippen LogP) is 4.46. The Kier molecular flexibility index (Phi) is 9.14. The maximum atomic E-state index is 5.95. The van der Waals surface area contributed by atoms with Gasteiger partial charge >= 0.3 is 0 Å². The van der Waals surface area contributed by atoms with Gasteiger partial charge in [0, 0.05) is 24.6 Å². The van der Waals surface area contributed by atoms with E-state index in [1.807, 2.05) is 0 Å². The Morgan fingerprint density at radius 2 is 2.21 bits per heavy atom. The molecular formula is C16H29NOS. The van der Waals surface area contributed by atoms with Gasteiger partial charge in [-0.05, 0) is 30.7 Å². The lowest BCUT2D eigenvalue weighted by atomic mass is 10.0. The minimum atomic E-state index is 0.302. The van der Waals surface area contributed by atoms with Gasteiger partial charge in [-0.3, -0.25) is 0 Å². The minimum absolute atomic E-state index is 0.302. The standard InChI is InChI=1S/C16H29NOS/c1-4-6-8-15(5-2)13-18-14(3)11-17-12-16-9-7-10-19-16/h7,9-10,14-15,17H,4-6,8,11-13H2,1-3H3. The Bertz CT molecular complexity index is 300. The van der Waals surface area contributed by atoms with Crippen molar-refractivity contribution in [3.63, 3.8) is 0 Å². The minimum Gasteiger partial charge on any atom is -0.377 e. The Balaban J connectivity index is 2.07. The first-order valence-corrected chi connectivity index (χ1v) is 8.48. The Labute approximate surface area is 122 Å². The van der Waals surface area contributed by atoms with Gasteiger partial charge in [-0.15, -0.1) is 11.3 Å². The Morgan fingerprint density at radius 1 is 1.37 bits per heavy atom. The zero-order valence-electron chi connectivity index (χ0n) is 12.7. The third kappa shape index (κ3) is 7.71. The molecule has 0 saturated carbocycles. The zero-order chi connectivity index (χ0) is 13.9. The molecule has 1 aromatic rings. The van der Waals surface area contributed by atoms with Gasteiger partial charge in [0.2, 0.25) is 0 Å². The molecule has 110 valence electrons. The highest BCUT2D eigenvalue weighted by Crippen LogP contribution is 2.13. The fourth-order valence-electron chi connectivity index (χ4n) is 2.07. The van der Waals surface area contributed by atoms with E-state index in [0.717, 1.165) is 25.6 Å². The average Bonchev–Trinajstić information content (AvgIpc) is 2.92. The highest BCUT2D eigenvalue weighted by atomic mass is 32.1. The highest BCUT2D eigenvalue weighted by Gasteiger charge is 2.09. The topological polar surface area (TPSA) is 21.3 Å². The number of hydrogen-bond acceptors (Lipinski definition) is 3. The third-order valence-electron chi connectivity index (χ3n) is 3.47. The monoisotopic (exact) mass is 283 g/mol. The van der Waals surface area contributed by atoms with Crippen molar-refractivity contribution >= 4 is 11.3 Å². The fraction of sp³-hybridized carbons (Fsp3) is 0.750. The van der Waals surface area contributed by atoms with E-state index in [1.54, 1.807) is 11.3 Å². The number of rotatable bonds is 11. The molecule has 1 N–H and O–H groups in total. The van der Waals surface area contributed by atoms with Crippen LogP contribution in [0.3, 0.4) is 0 Å². The summed E-state index contributed by atoms with van der Waals surface area (Å²) >= 11 is 1.80. The molecule has 19 heavy (non-hydrogen) atoms. The van der Waals surface area contributed by atoms with Crippen molar-refractivity contribution in [2.45, 2.75) is 59.1 Å². The number of thiophene rings is 1. The average molecular weight is 283 g/mol. The van der Waals surface area contributed by atoms with E-state index in [4.69, 9.17) is 4.74 Å². The molecule has 0 aromatic carbocycles. The van der Waals surface area contributed by atoms with Crippen LogP contribution >= 0.6 is 11.3 Å².